The second-order valence-electron chi connectivity index (χ2n) is 2.85. The van der Waals surface area contributed by atoms with Crippen LogP contribution in [0.15, 0.2) is 24.3 Å². The van der Waals surface area contributed by atoms with E-state index in [1.165, 1.54) is 13.2 Å². The van der Waals surface area contributed by atoms with E-state index < -0.39 is 5.97 Å². The number of carbonyl (C=O) groups excluding carboxylic acids is 1. The van der Waals surface area contributed by atoms with Crippen LogP contribution in [0.25, 0.3) is 6.08 Å². The van der Waals surface area contributed by atoms with Crippen molar-refractivity contribution >= 4 is 24.7 Å². The molecule has 4 heteroatoms. The van der Waals surface area contributed by atoms with E-state index in [0.717, 1.165) is 5.56 Å². The van der Waals surface area contributed by atoms with Crippen molar-refractivity contribution in [2.75, 3.05) is 12.9 Å². The van der Waals surface area contributed by atoms with E-state index in [2.05, 4.69) is 17.4 Å². The first-order valence-electron chi connectivity index (χ1n) is 4.37. The summed E-state index contributed by atoms with van der Waals surface area (Å²) in [5.74, 6) is -0.00691. The third-order valence-corrected chi connectivity index (χ3v) is 2.05. The van der Waals surface area contributed by atoms with Crippen molar-refractivity contribution in [2.45, 2.75) is 0 Å². The van der Waals surface area contributed by atoms with Gasteiger partial charge in [0.1, 0.15) is 11.3 Å². The van der Waals surface area contributed by atoms with Crippen molar-refractivity contribution in [1.29, 1.82) is 0 Å². The summed E-state index contributed by atoms with van der Waals surface area (Å²) in [5.41, 5.74) is 0.987. The van der Waals surface area contributed by atoms with Gasteiger partial charge in [-0.15, -0.1) is 0 Å². The predicted molar refractivity (Wildman–Crippen MR) is 62.3 cm³/mol. The van der Waals surface area contributed by atoms with Gasteiger partial charge < -0.3 is 9.84 Å². The molecule has 0 fully saturated rings. The molecule has 0 radical (unpaired) electrons. The first-order chi connectivity index (χ1) is 7.19. The zero-order chi connectivity index (χ0) is 11.3. The van der Waals surface area contributed by atoms with Crippen molar-refractivity contribution in [3.8, 4) is 5.75 Å². The van der Waals surface area contributed by atoms with Gasteiger partial charge in [0.15, 0.2) is 0 Å². The number of hydrogen-bond donors (Lipinski definition) is 2. The lowest BCUT2D eigenvalue weighted by molar-refractivity contribution is 0.0597. The molecule has 0 unspecified atom stereocenters. The quantitative estimate of drug-likeness (QED) is 0.610. The van der Waals surface area contributed by atoms with Crippen molar-refractivity contribution in [3.63, 3.8) is 0 Å². The summed E-state index contributed by atoms with van der Waals surface area (Å²) in [6, 6.07) is 4.74. The summed E-state index contributed by atoms with van der Waals surface area (Å²) in [5, 5.41) is 9.42. The Kier molecular flexibility index (Phi) is 4.24. The standard InChI is InChI=1S/C11H12O3S/c1-14-11(13)9-7-8(3-2-6-15)4-5-10(9)12/h2-5,7,12,15H,6H2,1H3. The van der Waals surface area contributed by atoms with Gasteiger partial charge in [0.05, 0.1) is 7.11 Å². The topological polar surface area (TPSA) is 46.5 Å². The van der Waals surface area contributed by atoms with Gasteiger partial charge in [-0.05, 0) is 17.7 Å². The first kappa shape index (κ1) is 11.7. The highest BCUT2D eigenvalue weighted by atomic mass is 32.1. The van der Waals surface area contributed by atoms with Crippen LogP contribution in [-0.2, 0) is 4.74 Å². The number of thiol groups is 1. The fourth-order valence-electron chi connectivity index (χ4n) is 1.12. The Morgan fingerprint density at radius 2 is 2.33 bits per heavy atom. The number of aromatic hydroxyl groups is 1. The number of phenols is 1. The average molecular weight is 224 g/mol. The van der Waals surface area contributed by atoms with Crippen LogP contribution in [0.2, 0.25) is 0 Å². The lowest BCUT2D eigenvalue weighted by Crippen LogP contribution is -2.01. The molecule has 0 atom stereocenters. The SMILES string of the molecule is COC(=O)c1cc(C=CCS)ccc1O. The molecule has 80 valence electrons. The van der Waals surface area contributed by atoms with Crippen LogP contribution in [0.3, 0.4) is 0 Å². The summed E-state index contributed by atoms with van der Waals surface area (Å²) in [7, 11) is 1.28. The molecule has 0 amide bonds. The minimum atomic E-state index is -0.548. The summed E-state index contributed by atoms with van der Waals surface area (Å²) in [4.78, 5) is 11.2. The van der Waals surface area contributed by atoms with Crippen molar-refractivity contribution in [3.05, 3.63) is 35.4 Å². The number of benzene rings is 1. The molecule has 0 aromatic heterocycles. The molecule has 1 N–H and O–H groups in total. The molecule has 0 saturated carbocycles. The third kappa shape index (κ3) is 3.02. The van der Waals surface area contributed by atoms with E-state index in [1.54, 1.807) is 12.1 Å². The van der Waals surface area contributed by atoms with Crippen molar-refractivity contribution in [1.82, 2.24) is 0 Å². The van der Waals surface area contributed by atoms with Gasteiger partial charge in [-0.1, -0.05) is 18.2 Å². The molecule has 1 aromatic carbocycles. The maximum atomic E-state index is 11.2. The Balaban J connectivity index is 3.05. The predicted octanol–water partition coefficient (Wildman–Crippen LogP) is 2.12. The van der Waals surface area contributed by atoms with Gasteiger partial charge in [-0.3, -0.25) is 0 Å². The number of rotatable bonds is 3. The minimum absolute atomic E-state index is 0.0788. The van der Waals surface area contributed by atoms with E-state index in [1.807, 2.05) is 12.2 Å². The largest absolute Gasteiger partial charge is 0.507 e. The summed E-state index contributed by atoms with van der Waals surface area (Å²) in [6.45, 7) is 0. The van der Waals surface area contributed by atoms with Crippen LogP contribution in [0.5, 0.6) is 5.75 Å². The number of hydrogen-bond acceptors (Lipinski definition) is 4. The molecule has 3 nitrogen and oxygen atoms in total. The zero-order valence-electron chi connectivity index (χ0n) is 8.30. The Morgan fingerprint density at radius 3 is 2.93 bits per heavy atom. The monoisotopic (exact) mass is 224 g/mol. The summed E-state index contributed by atoms with van der Waals surface area (Å²) < 4.78 is 4.54. The second kappa shape index (κ2) is 5.46. The molecule has 0 saturated heterocycles. The number of esters is 1. The Morgan fingerprint density at radius 1 is 1.60 bits per heavy atom. The lowest BCUT2D eigenvalue weighted by atomic mass is 10.1. The smallest absolute Gasteiger partial charge is 0.341 e. The molecular weight excluding hydrogens is 212 g/mol. The maximum absolute atomic E-state index is 11.2. The fourth-order valence-corrected chi connectivity index (χ4v) is 1.22. The van der Waals surface area contributed by atoms with Crippen LogP contribution in [0.1, 0.15) is 15.9 Å². The van der Waals surface area contributed by atoms with Gasteiger partial charge in [0.25, 0.3) is 0 Å². The van der Waals surface area contributed by atoms with E-state index >= 15 is 0 Å². The molecular formula is C11H12O3S. The Labute approximate surface area is 93.8 Å². The first-order valence-corrected chi connectivity index (χ1v) is 5.01. The van der Waals surface area contributed by atoms with E-state index in [4.69, 9.17) is 0 Å². The summed E-state index contributed by atoms with van der Waals surface area (Å²) >= 11 is 4.03. The zero-order valence-corrected chi connectivity index (χ0v) is 9.20. The highest BCUT2D eigenvalue weighted by molar-refractivity contribution is 7.80. The van der Waals surface area contributed by atoms with E-state index in [9.17, 15) is 9.90 Å². The molecule has 1 aromatic rings. The van der Waals surface area contributed by atoms with Crippen LogP contribution in [-0.4, -0.2) is 23.9 Å². The van der Waals surface area contributed by atoms with Gasteiger partial charge in [0.2, 0.25) is 0 Å². The molecule has 0 aliphatic heterocycles. The maximum Gasteiger partial charge on any atom is 0.341 e. The Bertz CT molecular complexity index is 385. The molecule has 15 heavy (non-hydrogen) atoms. The normalized spacial score (nSPS) is 10.5. The van der Waals surface area contributed by atoms with E-state index in [-0.39, 0.29) is 11.3 Å². The van der Waals surface area contributed by atoms with Gasteiger partial charge >= 0.3 is 5.97 Å². The van der Waals surface area contributed by atoms with Crippen molar-refractivity contribution in [2.24, 2.45) is 0 Å². The number of methoxy groups -OCH3 is 1. The van der Waals surface area contributed by atoms with Gasteiger partial charge in [0, 0.05) is 5.75 Å². The average Bonchev–Trinajstić information content (AvgIpc) is 2.27. The molecule has 0 spiro atoms. The van der Waals surface area contributed by atoms with Crippen LogP contribution >= 0.6 is 12.6 Å². The Hall–Kier alpha value is -1.42. The van der Waals surface area contributed by atoms with Gasteiger partial charge in [-0.25, -0.2) is 4.79 Å². The lowest BCUT2D eigenvalue weighted by Gasteiger charge is -2.03. The van der Waals surface area contributed by atoms with Crippen molar-refractivity contribution < 1.29 is 14.6 Å². The second-order valence-corrected chi connectivity index (χ2v) is 3.22. The molecule has 1 rings (SSSR count). The van der Waals surface area contributed by atoms with Gasteiger partial charge in [-0.2, -0.15) is 12.6 Å². The number of phenolic OH excluding ortho intramolecular Hbond substituents is 1. The molecule has 0 aliphatic carbocycles. The highest BCUT2D eigenvalue weighted by Crippen LogP contribution is 2.20. The molecule has 0 bridgehead atoms. The minimum Gasteiger partial charge on any atom is -0.507 e. The van der Waals surface area contributed by atoms with Crippen LogP contribution < -0.4 is 0 Å². The number of ether oxygens (including phenoxy) is 1. The van der Waals surface area contributed by atoms with Crippen LogP contribution in [0, 0.1) is 0 Å². The number of carbonyl (C=O) groups is 1. The highest BCUT2D eigenvalue weighted by Gasteiger charge is 2.10. The molecule has 0 aliphatic rings. The molecule has 0 heterocycles. The van der Waals surface area contributed by atoms with E-state index in [0.29, 0.717) is 5.75 Å². The summed E-state index contributed by atoms with van der Waals surface area (Å²) in [6.07, 6.45) is 3.66. The fraction of sp³-hybridized carbons (Fsp3) is 0.182. The van der Waals surface area contributed by atoms with Crippen LogP contribution in [0.4, 0.5) is 0 Å². The third-order valence-electron chi connectivity index (χ3n) is 1.84.